The molecule has 1 aliphatic heterocycles. The average molecular weight is 326 g/mol. The summed E-state index contributed by atoms with van der Waals surface area (Å²) >= 11 is 1.62. The number of carbonyl (C=O) groups is 1. The van der Waals surface area contributed by atoms with Gasteiger partial charge in [0.05, 0.1) is 15.8 Å². The number of amides is 1. The summed E-state index contributed by atoms with van der Waals surface area (Å²) in [4.78, 5) is 26.4. The number of hydrogen-bond acceptors (Lipinski definition) is 4. The maximum Gasteiger partial charge on any atom is 0.255 e. The van der Waals surface area contributed by atoms with E-state index >= 15 is 0 Å². The van der Waals surface area contributed by atoms with Gasteiger partial charge in [0.25, 0.3) is 5.91 Å². The van der Waals surface area contributed by atoms with Crippen LogP contribution in [0.4, 0.5) is 0 Å². The molecule has 0 saturated carbocycles. The monoisotopic (exact) mass is 326 g/mol. The van der Waals surface area contributed by atoms with Crippen molar-refractivity contribution in [3.05, 3.63) is 47.5 Å². The number of imidazole rings is 1. The molecule has 0 unspecified atom stereocenters. The molecule has 0 bridgehead atoms. The number of piperidine rings is 1. The van der Waals surface area contributed by atoms with Crippen LogP contribution in [-0.2, 0) is 6.42 Å². The third-order valence-electron chi connectivity index (χ3n) is 4.49. The number of H-pyrrole nitrogens is 1. The van der Waals surface area contributed by atoms with Gasteiger partial charge in [-0.05, 0) is 36.3 Å². The van der Waals surface area contributed by atoms with E-state index in [9.17, 15) is 4.79 Å². The van der Waals surface area contributed by atoms with Crippen LogP contribution in [0.5, 0.6) is 0 Å². The van der Waals surface area contributed by atoms with Gasteiger partial charge in [-0.1, -0.05) is 0 Å². The summed E-state index contributed by atoms with van der Waals surface area (Å²) < 4.78 is 1.07. The van der Waals surface area contributed by atoms with Gasteiger partial charge in [-0.15, -0.1) is 11.3 Å². The van der Waals surface area contributed by atoms with E-state index in [0.717, 1.165) is 48.4 Å². The van der Waals surface area contributed by atoms with Crippen molar-refractivity contribution in [1.29, 1.82) is 0 Å². The Labute approximate surface area is 138 Å². The van der Waals surface area contributed by atoms with Crippen LogP contribution in [0.2, 0.25) is 0 Å². The zero-order chi connectivity index (χ0) is 15.6. The Morgan fingerprint density at radius 3 is 3.00 bits per heavy atom. The highest BCUT2D eigenvalue weighted by molar-refractivity contribution is 7.17. The fourth-order valence-corrected chi connectivity index (χ4v) is 3.95. The lowest BCUT2D eigenvalue weighted by atomic mass is 9.93. The number of nitrogens with one attached hydrogen (secondary N) is 1. The Kier molecular flexibility index (Phi) is 3.83. The van der Waals surface area contributed by atoms with Crippen LogP contribution in [0, 0.1) is 5.92 Å². The molecule has 23 heavy (non-hydrogen) atoms. The van der Waals surface area contributed by atoms with E-state index in [1.54, 1.807) is 23.7 Å². The molecule has 1 saturated heterocycles. The number of fused-ring (bicyclic) bond motifs is 1. The van der Waals surface area contributed by atoms with Gasteiger partial charge in [0.1, 0.15) is 5.82 Å². The van der Waals surface area contributed by atoms with E-state index in [2.05, 4.69) is 15.0 Å². The summed E-state index contributed by atoms with van der Waals surface area (Å²) in [7, 11) is 0. The van der Waals surface area contributed by atoms with Gasteiger partial charge in [0.15, 0.2) is 0 Å². The van der Waals surface area contributed by atoms with Gasteiger partial charge < -0.3 is 9.88 Å². The zero-order valence-electron chi connectivity index (χ0n) is 12.7. The molecule has 3 aromatic heterocycles. The van der Waals surface area contributed by atoms with Crippen LogP contribution < -0.4 is 0 Å². The van der Waals surface area contributed by atoms with Crippen molar-refractivity contribution >= 4 is 27.5 Å². The summed E-state index contributed by atoms with van der Waals surface area (Å²) in [5.41, 5.74) is 1.66. The minimum atomic E-state index is 0.101. The van der Waals surface area contributed by atoms with Crippen molar-refractivity contribution in [3.8, 4) is 0 Å². The molecule has 0 spiro atoms. The number of rotatable bonds is 3. The van der Waals surface area contributed by atoms with E-state index < -0.39 is 0 Å². The molecule has 5 nitrogen and oxygen atoms in total. The van der Waals surface area contributed by atoms with Crippen molar-refractivity contribution in [2.75, 3.05) is 13.1 Å². The second kappa shape index (κ2) is 6.12. The lowest BCUT2D eigenvalue weighted by Gasteiger charge is -2.31. The Morgan fingerprint density at radius 2 is 2.22 bits per heavy atom. The molecule has 6 heteroatoms. The largest absolute Gasteiger partial charge is 0.349 e. The van der Waals surface area contributed by atoms with Crippen molar-refractivity contribution in [1.82, 2.24) is 19.9 Å². The smallest absolute Gasteiger partial charge is 0.255 e. The van der Waals surface area contributed by atoms with Gasteiger partial charge in [0, 0.05) is 38.1 Å². The molecule has 1 fully saturated rings. The highest BCUT2D eigenvalue weighted by Gasteiger charge is 2.24. The average Bonchev–Trinajstić information content (AvgIpc) is 3.25. The second-order valence-corrected chi connectivity index (χ2v) is 6.95. The Morgan fingerprint density at radius 1 is 1.35 bits per heavy atom. The molecule has 1 N–H and O–H groups in total. The van der Waals surface area contributed by atoms with Gasteiger partial charge in [-0.3, -0.25) is 9.78 Å². The maximum absolute atomic E-state index is 12.7. The molecule has 1 amide bonds. The third-order valence-corrected chi connectivity index (χ3v) is 5.34. The summed E-state index contributed by atoms with van der Waals surface area (Å²) in [6, 6.07) is 3.94. The number of hydrogen-bond donors (Lipinski definition) is 1. The normalized spacial score (nSPS) is 16.1. The molecular formula is C17H18N4OS. The van der Waals surface area contributed by atoms with Crippen molar-refractivity contribution < 1.29 is 4.79 Å². The minimum Gasteiger partial charge on any atom is -0.349 e. The van der Waals surface area contributed by atoms with E-state index in [4.69, 9.17) is 0 Å². The van der Waals surface area contributed by atoms with Crippen LogP contribution in [0.3, 0.4) is 0 Å². The standard InChI is InChI=1S/C17H18N4OS/c22-17(13-10-15-14(20-11-13)3-8-23-15)21-6-1-12(2-7-21)9-16-18-4-5-19-16/h3-5,8,10-12H,1-2,6-7,9H2,(H,18,19). The molecule has 4 rings (SSSR count). The summed E-state index contributed by atoms with van der Waals surface area (Å²) in [6.07, 6.45) is 8.38. The van der Waals surface area contributed by atoms with E-state index in [1.165, 1.54) is 0 Å². The predicted molar refractivity (Wildman–Crippen MR) is 90.5 cm³/mol. The molecule has 1 aliphatic rings. The fraction of sp³-hybridized carbons (Fsp3) is 0.353. The topological polar surface area (TPSA) is 61.9 Å². The first-order valence-corrected chi connectivity index (χ1v) is 8.78. The van der Waals surface area contributed by atoms with Gasteiger partial charge in [-0.25, -0.2) is 4.98 Å². The molecule has 0 radical (unpaired) electrons. The van der Waals surface area contributed by atoms with Crippen LogP contribution in [-0.4, -0.2) is 38.8 Å². The molecule has 4 heterocycles. The maximum atomic E-state index is 12.7. The van der Waals surface area contributed by atoms with Crippen molar-refractivity contribution in [3.63, 3.8) is 0 Å². The highest BCUT2D eigenvalue weighted by Crippen LogP contribution is 2.24. The molecular weight excluding hydrogens is 308 g/mol. The molecule has 0 aliphatic carbocycles. The van der Waals surface area contributed by atoms with E-state index in [1.807, 2.05) is 28.6 Å². The molecule has 118 valence electrons. The number of aromatic nitrogens is 3. The molecule has 0 aromatic carbocycles. The second-order valence-electron chi connectivity index (χ2n) is 6.00. The van der Waals surface area contributed by atoms with E-state index in [0.29, 0.717) is 11.5 Å². The van der Waals surface area contributed by atoms with Gasteiger partial charge in [0.2, 0.25) is 0 Å². The number of nitrogens with zero attached hydrogens (tertiary/aromatic N) is 3. The molecule has 3 aromatic rings. The number of aromatic amines is 1. The third kappa shape index (κ3) is 2.99. The number of pyridine rings is 1. The summed E-state index contributed by atoms with van der Waals surface area (Å²) in [5, 5.41) is 2.01. The van der Waals surface area contributed by atoms with Crippen LogP contribution in [0.25, 0.3) is 10.2 Å². The van der Waals surface area contributed by atoms with Crippen LogP contribution in [0.1, 0.15) is 29.0 Å². The SMILES string of the molecule is O=C(c1cnc2ccsc2c1)N1CCC(Cc2ncc[nH]2)CC1. The number of carbonyl (C=O) groups excluding carboxylic acids is 1. The number of thiophene rings is 1. The fourth-order valence-electron chi connectivity index (χ4n) is 3.17. The quantitative estimate of drug-likeness (QED) is 0.804. The Balaban J connectivity index is 1.40. The first-order valence-electron chi connectivity index (χ1n) is 7.90. The summed E-state index contributed by atoms with van der Waals surface area (Å²) in [6.45, 7) is 1.62. The van der Waals surface area contributed by atoms with Gasteiger partial charge in [-0.2, -0.15) is 0 Å². The minimum absolute atomic E-state index is 0.101. The van der Waals surface area contributed by atoms with Crippen LogP contribution >= 0.6 is 11.3 Å². The van der Waals surface area contributed by atoms with Crippen molar-refractivity contribution in [2.45, 2.75) is 19.3 Å². The zero-order valence-corrected chi connectivity index (χ0v) is 13.6. The Bertz CT molecular complexity index is 803. The predicted octanol–water partition coefficient (Wildman–Crippen LogP) is 3.11. The summed E-state index contributed by atoms with van der Waals surface area (Å²) in [5.74, 6) is 1.74. The lowest BCUT2D eigenvalue weighted by molar-refractivity contribution is 0.0689. The van der Waals surface area contributed by atoms with Gasteiger partial charge >= 0.3 is 0 Å². The first-order chi connectivity index (χ1) is 11.3. The highest BCUT2D eigenvalue weighted by atomic mass is 32.1. The van der Waals surface area contributed by atoms with E-state index in [-0.39, 0.29) is 5.91 Å². The first kappa shape index (κ1) is 14.4. The number of likely N-dealkylation sites (tertiary alicyclic amines) is 1. The van der Waals surface area contributed by atoms with Crippen molar-refractivity contribution in [2.24, 2.45) is 5.92 Å². The van der Waals surface area contributed by atoms with Crippen LogP contribution in [0.15, 0.2) is 36.1 Å². The molecule has 0 atom stereocenters. The Hall–Kier alpha value is -2.21. The lowest BCUT2D eigenvalue weighted by Crippen LogP contribution is -2.39.